The first-order chi connectivity index (χ1) is 15.9. The van der Waals surface area contributed by atoms with E-state index in [4.69, 9.17) is 10.00 Å². The van der Waals surface area contributed by atoms with Gasteiger partial charge in [0.25, 0.3) is 0 Å². The molecule has 0 atom stereocenters. The van der Waals surface area contributed by atoms with Crippen LogP contribution in [-0.2, 0) is 0 Å². The smallest absolute Gasteiger partial charge is 0.148 e. The van der Waals surface area contributed by atoms with Crippen LogP contribution in [0, 0.1) is 23.0 Å². The van der Waals surface area contributed by atoms with Crippen molar-refractivity contribution in [2.24, 2.45) is 0 Å². The van der Waals surface area contributed by atoms with Gasteiger partial charge in [0, 0.05) is 44.0 Å². The summed E-state index contributed by atoms with van der Waals surface area (Å²) in [6, 6.07) is 13.2. The second-order valence-corrected chi connectivity index (χ2v) is 7.94. The lowest BCUT2D eigenvalue weighted by Gasteiger charge is -2.36. The summed E-state index contributed by atoms with van der Waals surface area (Å²) in [6.45, 7) is 7.13. The molecule has 1 aromatic heterocycles. The number of hydrogen-bond donors (Lipinski definition) is 1. The minimum Gasteiger partial charge on any atom is -0.491 e. The van der Waals surface area contributed by atoms with Crippen LogP contribution in [0.2, 0.25) is 0 Å². The van der Waals surface area contributed by atoms with Gasteiger partial charge in [0.2, 0.25) is 0 Å². The fourth-order valence-corrected chi connectivity index (χ4v) is 3.66. The molecule has 4 rings (SSSR count). The van der Waals surface area contributed by atoms with E-state index in [-0.39, 0.29) is 17.4 Å². The van der Waals surface area contributed by atoms with Crippen molar-refractivity contribution in [3.63, 3.8) is 0 Å². The lowest BCUT2D eigenvalue weighted by molar-refractivity contribution is 0.242. The second-order valence-electron chi connectivity index (χ2n) is 7.94. The molecule has 1 aliphatic rings. The highest BCUT2D eigenvalue weighted by atomic mass is 19.1. The van der Waals surface area contributed by atoms with Crippen molar-refractivity contribution >= 4 is 23.0 Å². The summed E-state index contributed by atoms with van der Waals surface area (Å²) < 4.78 is 33.8. The Morgan fingerprint density at radius 2 is 1.67 bits per heavy atom. The molecule has 2 heterocycles. The third-order valence-electron chi connectivity index (χ3n) is 5.27. The average Bonchev–Trinajstić information content (AvgIpc) is 2.82. The number of nitriles is 1. The number of piperazine rings is 1. The summed E-state index contributed by atoms with van der Waals surface area (Å²) in [7, 11) is 0. The maximum absolute atomic E-state index is 14.2. The van der Waals surface area contributed by atoms with Crippen LogP contribution in [0.15, 0.2) is 48.8 Å². The Kier molecular flexibility index (Phi) is 6.54. The van der Waals surface area contributed by atoms with E-state index in [9.17, 15) is 8.78 Å². The average molecular weight is 450 g/mol. The van der Waals surface area contributed by atoms with Gasteiger partial charge in [-0.2, -0.15) is 5.26 Å². The van der Waals surface area contributed by atoms with Crippen molar-refractivity contribution in [1.29, 1.82) is 5.26 Å². The van der Waals surface area contributed by atoms with Gasteiger partial charge in [-0.25, -0.2) is 18.7 Å². The van der Waals surface area contributed by atoms with Crippen molar-refractivity contribution in [1.82, 2.24) is 9.97 Å². The molecule has 1 fully saturated rings. The molecule has 1 aliphatic heterocycles. The number of halogens is 2. The van der Waals surface area contributed by atoms with Crippen LogP contribution in [0.1, 0.15) is 19.4 Å². The number of nitrogens with one attached hydrogen (secondary N) is 1. The number of nitrogens with zero attached hydrogens (tertiary/aromatic N) is 5. The highest BCUT2D eigenvalue weighted by Crippen LogP contribution is 2.26. The molecule has 9 heteroatoms. The molecule has 2 aromatic carbocycles. The Bertz CT molecular complexity index is 1150. The summed E-state index contributed by atoms with van der Waals surface area (Å²) >= 11 is 0. The zero-order valence-electron chi connectivity index (χ0n) is 18.4. The molecule has 0 spiro atoms. The Balaban J connectivity index is 1.40. The molecule has 0 saturated carbocycles. The lowest BCUT2D eigenvalue weighted by Crippen LogP contribution is -2.46. The van der Waals surface area contributed by atoms with Crippen molar-refractivity contribution in [3.8, 4) is 11.8 Å². The fourth-order valence-electron chi connectivity index (χ4n) is 3.66. The third kappa shape index (κ3) is 5.29. The number of anilines is 4. The van der Waals surface area contributed by atoms with Crippen LogP contribution in [-0.4, -0.2) is 42.3 Å². The van der Waals surface area contributed by atoms with Crippen molar-refractivity contribution in [3.05, 3.63) is 66.0 Å². The van der Waals surface area contributed by atoms with E-state index < -0.39 is 11.6 Å². The minimum atomic E-state index is -0.796. The predicted octanol–water partition coefficient (Wildman–Crippen LogP) is 4.48. The first-order valence-corrected chi connectivity index (χ1v) is 10.7. The van der Waals surface area contributed by atoms with Gasteiger partial charge in [0.15, 0.2) is 0 Å². The monoisotopic (exact) mass is 450 g/mol. The summed E-state index contributed by atoms with van der Waals surface area (Å²) in [5.41, 5.74) is 0.696. The van der Waals surface area contributed by atoms with Gasteiger partial charge >= 0.3 is 0 Å². The molecule has 1 N–H and O–H groups in total. The quantitative estimate of drug-likeness (QED) is 0.593. The molecule has 7 nitrogen and oxygen atoms in total. The number of rotatable bonds is 6. The topological polar surface area (TPSA) is 77.3 Å². The van der Waals surface area contributed by atoms with E-state index >= 15 is 0 Å². The molecule has 33 heavy (non-hydrogen) atoms. The zero-order chi connectivity index (χ0) is 23.4. The van der Waals surface area contributed by atoms with Crippen molar-refractivity contribution in [2.45, 2.75) is 20.0 Å². The number of aromatic nitrogens is 2. The summed E-state index contributed by atoms with van der Waals surface area (Å²) in [5.74, 6) is 0.364. The highest BCUT2D eigenvalue weighted by molar-refractivity contribution is 5.61. The van der Waals surface area contributed by atoms with Gasteiger partial charge in [0.05, 0.1) is 17.4 Å². The van der Waals surface area contributed by atoms with Crippen LogP contribution in [0.25, 0.3) is 0 Å². The fraction of sp³-hybridized carbons (Fsp3) is 0.292. The molecule has 0 bridgehead atoms. The molecule has 0 amide bonds. The summed E-state index contributed by atoms with van der Waals surface area (Å²) in [6.07, 6.45) is 1.52. The van der Waals surface area contributed by atoms with E-state index in [1.54, 1.807) is 12.1 Å². The van der Waals surface area contributed by atoms with E-state index in [0.29, 0.717) is 11.6 Å². The van der Waals surface area contributed by atoms with Gasteiger partial charge in [-0.3, -0.25) is 0 Å². The third-order valence-corrected chi connectivity index (χ3v) is 5.27. The van der Waals surface area contributed by atoms with Crippen LogP contribution < -0.4 is 19.9 Å². The van der Waals surface area contributed by atoms with Crippen LogP contribution in [0.5, 0.6) is 5.75 Å². The molecule has 170 valence electrons. The Morgan fingerprint density at radius 3 is 2.33 bits per heavy atom. The van der Waals surface area contributed by atoms with Crippen molar-refractivity contribution < 1.29 is 13.5 Å². The van der Waals surface area contributed by atoms with Gasteiger partial charge < -0.3 is 19.9 Å². The van der Waals surface area contributed by atoms with E-state index in [0.717, 1.165) is 49.7 Å². The molecule has 0 radical (unpaired) electrons. The molecule has 1 saturated heterocycles. The zero-order valence-corrected chi connectivity index (χ0v) is 18.4. The first kappa shape index (κ1) is 22.3. The summed E-state index contributed by atoms with van der Waals surface area (Å²) in [4.78, 5) is 12.9. The molecule has 3 aromatic rings. The van der Waals surface area contributed by atoms with E-state index in [2.05, 4.69) is 37.2 Å². The molecular formula is C24H24F2N6O. The van der Waals surface area contributed by atoms with Gasteiger partial charge in [0.1, 0.15) is 41.4 Å². The predicted molar refractivity (Wildman–Crippen MR) is 123 cm³/mol. The van der Waals surface area contributed by atoms with Gasteiger partial charge in [-0.05, 0) is 44.2 Å². The second kappa shape index (κ2) is 9.69. The Labute approximate surface area is 191 Å². The van der Waals surface area contributed by atoms with E-state index in [1.165, 1.54) is 6.33 Å². The standard InChI is InChI=1S/C24H24F2N6O/c1-16(2)33-19-5-3-18(4-6-19)31-7-9-32(10-8-31)24-13-23(28-15-29-24)30-22-12-20(25)17(14-27)11-21(22)26/h3-6,11-13,15-16H,7-10H2,1-2H3,(H,28,29,30). The largest absolute Gasteiger partial charge is 0.491 e. The lowest BCUT2D eigenvalue weighted by atomic mass is 10.2. The molecule has 0 aliphatic carbocycles. The molecule has 0 unspecified atom stereocenters. The minimum absolute atomic E-state index is 0.0918. The SMILES string of the molecule is CC(C)Oc1ccc(N2CCN(c3cc(Nc4cc(F)c(C#N)cc4F)ncn3)CC2)cc1. The molecular weight excluding hydrogens is 426 g/mol. The number of ether oxygens (including phenoxy) is 1. The van der Waals surface area contributed by atoms with Gasteiger partial charge in [-0.1, -0.05) is 0 Å². The van der Waals surface area contributed by atoms with Crippen LogP contribution in [0.3, 0.4) is 0 Å². The number of benzene rings is 2. The maximum Gasteiger partial charge on any atom is 0.148 e. The normalized spacial score (nSPS) is 13.7. The maximum atomic E-state index is 14.2. The van der Waals surface area contributed by atoms with Crippen LogP contribution in [0.4, 0.5) is 31.8 Å². The van der Waals surface area contributed by atoms with Crippen molar-refractivity contribution in [2.75, 3.05) is 41.3 Å². The highest BCUT2D eigenvalue weighted by Gasteiger charge is 2.19. The summed E-state index contributed by atoms with van der Waals surface area (Å²) in [5, 5.41) is 11.6. The first-order valence-electron chi connectivity index (χ1n) is 10.7. The Morgan fingerprint density at radius 1 is 0.970 bits per heavy atom. The van der Waals surface area contributed by atoms with E-state index in [1.807, 2.05) is 26.0 Å². The number of hydrogen-bond acceptors (Lipinski definition) is 7. The van der Waals surface area contributed by atoms with Gasteiger partial charge in [-0.15, -0.1) is 0 Å². The van der Waals surface area contributed by atoms with Crippen LogP contribution >= 0.6 is 0 Å². The Hall–Kier alpha value is -3.93.